The molecule has 2 fully saturated rings. The molecule has 9 heteroatoms. The maximum absolute atomic E-state index is 13.4. The third kappa shape index (κ3) is 6.31. The Morgan fingerprint density at radius 2 is 2.00 bits per heavy atom. The summed E-state index contributed by atoms with van der Waals surface area (Å²) in [5.41, 5.74) is -0.315. The summed E-state index contributed by atoms with van der Waals surface area (Å²) in [5, 5.41) is 10.4. The number of hydrogen-bond acceptors (Lipinski definition) is 5. The summed E-state index contributed by atoms with van der Waals surface area (Å²) in [5.74, 6) is 1.13. The lowest BCUT2D eigenvalue weighted by Gasteiger charge is -2.42. The van der Waals surface area contributed by atoms with Crippen molar-refractivity contribution in [2.24, 2.45) is 17.8 Å². The van der Waals surface area contributed by atoms with E-state index in [9.17, 15) is 9.59 Å². The molecule has 2 N–H and O–H groups in total. The van der Waals surface area contributed by atoms with Crippen LogP contribution in [0.4, 0.5) is 4.79 Å². The number of hydrogen-bond donors (Lipinski definition) is 2. The number of ether oxygens (including phenoxy) is 2. The number of fused-ring (bicyclic) bond motifs is 2. The van der Waals surface area contributed by atoms with Gasteiger partial charge < -0.3 is 25.0 Å². The molecule has 2 unspecified atom stereocenters. The van der Waals surface area contributed by atoms with Crippen molar-refractivity contribution in [3.05, 3.63) is 29.3 Å². The van der Waals surface area contributed by atoms with Crippen molar-refractivity contribution < 1.29 is 19.1 Å². The van der Waals surface area contributed by atoms with Crippen molar-refractivity contribution in [1.82, 2.24) is 20.4 Å². The zero-order valence-electron chi connectivity index (χ0n) is 20.8. The normalized spacial score (nSPS) is 24.5. The highest BCUT2D eigenvalue weighted by Gasteiger charge is 2.43. The summed E-state index contributed by atoms with van der Waals surface area (Å²) in [6, 6.07) is 0.155. The van der Waals surface area contributed by atoms with Crippen LogP contribution in [-0.4, -0.2) is 53.1 Å². The highest BCUT2D eigenvalue weighted by Crippen LogP contribution is 2.41. The van der Waals surface area contributed by atoms with E-state index in [0.29, 0.717) is 29.9 Å². The topological polar surface area (TPSA) is 98.8 Å². The molecule has 2 bridgehead atoms. The summed E-state index contributed by atoms with van der Waals surface area (Å²) >= 11 is 0. The summed E-state index contributed by atoms with van der Waals surface area (Å²) < 4.78 is 12.2. The molecule has 186 valence electrons. The van der Waals surface area contributed by atoms with Gasteiger partial charge in [0.25, 0.3) is 5.91 Å². The van der Waals surface area contributed by atoms with Crippen molar-refractivity contribution >= 4 is 18.2 Å². The average molecular weight is 472 g/mol. The lowest BCUT2D eigenvalue weighted by Crippen LogP contribution is -2.51. The Balaban J connectivity index is 1.80. The van der Waals surface area contributed by atoms with Crippen LogP contribution < -0.4 is 15.4 Å². The molecule has 2 atom stereocenters. The summed E-state index contributed by atoms with van der Waals surface area (Å²) in [6.07, 6.45) is 9.39. The predicted octanol–water partition coefficient (Wildman–Crippen LogP) is 4.12. The van der Waals surface area contributed by atoms with Crippen molar-refractivity contribution in [2.45, 2.75) is 77.4 Å². The minimum atomic E-state index is -0.699. The fraction of sp³-hybridized carbons (Fsp3) is 0.680. The molecule has 1 heterocycles. The van der Waals surface area contributed by atoms with E-state index in [-0.39, 0.29) is 23.9 Å². The Bertz CT molecular complexity index is 932. The van der Waals surface area contributed by atoms with Gasteiger partial charge in [-0.15, -0.1) is 0 Å². The molecule has 2 aliphatic rings. The van der Waals surface area contributed by atoms with Crippen molar-refractivity contribution in [2.75, 3.05) is 13.7 Å². The smallest absolute Gasteiger partial charge is 0.407 e. The van der Waals surface area contributed by atoms with Gasteiger partial charge in [0.05, 0.1) is 25.5 Å². The fourth-order valence-electron chi connectivity index (χ4n) is 4.90. The molecule has 9 nitrogen and oxygen atoms in total. The predicted molar refractivity (Wildman–Crippen MR) is 129 cm³/mol. The molecular weight excluding hydrogens is 434 g/mol. The van der Waals surface area contributed by atoms with Crippen LogP contribution in [-0.2, 0) is 4.74 Å². The highest BCUT2D eigenvalue weighted by atomic mass is 16.5. The third-order valence-electron chi connectivity index (χ3n) is 6.59. The van der Waals surface area contributed by atoms with Crippen LogP contribution in [0.5, 0.6) is 5.88 Å². The van der Waals surface area contributed by atoms with E-state index in [1.165, 1.54) is 18.0 Å². The van der Waals surface area contributed by atoms with Crippen molar-refractivity contribution in [3.8, 4) is 5.88 Å². The number of methoxy groups -OCH3 is 1. The minimum Gasteiger partial charge on any atom is -0.477 e. The third-order valence-corrected chi connectivity index (χ3v) is 6.59. The molecular formula is C25H37N5O4. The average Bonchev–Trinajstić information content (AvgIpc) is 3.18. The number of amides is 2. The molecule has 1 aromatic rings. The van der Waals surface area contributed by atoms with Crippen LogP contribution in [0.1, 0.15) is 70.2 Å². The molecule has 0 spiro atoms. The minimum absolute atomic E-state index is 0.0724. The van der Waals surface area contributed by atoms with E-state index in [4.69, 9.17) is 11.3 Å². The van der Waals surface area contributed by atoms with E-state index < -0.39 is 11.6 Å². The zero-order chi connectivity index (χ0) is 24.9. The van der Waals surface area contributed by atoms with E-state index >= 15 is 0 Å². The molecule has 0 aromatic carbocycles. The van der Waals surface area contributed by atoms with Gasteiger partial charge in [-0.3, -0.25) is 4.79 Å². The lowest BCUT2D eigenvalue weighted by atomic mass is 9.67. The Kier molecular flexibility index (Phi) is 8.24. The fourth-order valence-corrected chi connectivity index (χ4v) is 4.90. The van der Waals surface area contributed by atoms with Gasteiger partial charge in [0.15, 0.2) is 0 Å². The first kappa shape index (κ1) is 25.6. The Labute approximate surface area is 202 Å². The number of carbonyl (C=O) groups excluding carboxylic acids is 2. The van der Waals surface area contributed by atoms with Crippen LogP contribution in [0.25, 0.3) is 11.0 Å². The zero-order valence-corrected chi connectivity index (χ0v) is 20.8. The van der Waals surface area contributed by atoms with Gasteiger partial charge in [-0.2, -0.15) is 5.10 Å². The standard InChI is InChI=1S/C25H37N5O4/c1-16(2)15-34-23-20(14-27-30(23)11-10-25(3,4)29-24(32)33-6)22(31)28-21-17-8-7-9-18(21)13-19(12-17)26-5/h10-11,14,16-19,21H,7-9,12-13,15H2,1-4,6H3,(H,28,31)(H,29,32). The molecule has 34 heavy (non-hydrogen) atoms. The van der Waals surface area contributed by atoms with Gasteiger partial charge in [-0.05, 0) is 50.5 Å². The van der Waals surface area contributed by atoms with E-state index in [1.54, 1.807) is 12.3 Å². The Morgan fingerprint density at radius 3 is 2.59 bits per heavy atom. The molecule has 2 aliphatic carbocycles. The van der Waals surface area contributed by atoms with E-state index in [1.807, 2.05) is 27.7 Å². The maximum Gasteiger partial charge on any atom is 0.407 e. The first-order valence-corrected chi connectivity index (χ1v) is 12.1. The number of carbonyl (C=O) groups is 2. The first-order chi connectivity index (χ1) is 16.1. The van der Waals surface area contributed by atoms with Crippen molar-refractivity contribution in [1.29, 1.82) is 0 Å². The molecule has 0 saturated heterocycles. The summed E-state index contributed by atoms with van der Waals surface area (Å²) in [4.78, 5) is 28.7. The second-order valence-corrected chi connectivity index (χ2v) is 10.4. The van der Waals surface area contributed by atoms with Crippen LogP contribution in [0.3, 0.4) is 0 Å². The van der Waals surface area contributed by atoms with Crippen LogP contribution >= 0.6 is 0 Å². The maximum atomic E-state index is 13.4. The first-order valence-electron chi connectivity index (χ1n) is 12.1. The van der Waals surface area contributed by atoms with Gasteiger partial charge in [0.1, 0.15) is 5.56 Å². The SMILES string of the molecule is [C-]#[N+]C1CC2CCCC(C1)C2NC(=O)c1cnn(C=CC(C)(C)NC(=O)OC)c1OCC(C)C. The number of rotatable bonds is 8. The lowest BCUT2D eigenvalue weighted by molar-refractivity contribution is 0.0774. The van der Waals surface area contributed by atoms with Crippen LogP contribution in [0.15, 0.2) is 12.3 Å². The van der Waals surface area contributed by atoms with Crippen LogP contribution in [0, 0.1) is 24.3 Å². The Morgan fingerprint density at radius 1 is 1.32 bits per heavy atom. The second-order valence-electron chi connectivity index (χ2n) is 10.4. The van der Waals surface area contributed by atoms with Gasteiger partial charge in [-0.25, -0.2) is 16.0 Å². The Hall–Kier alpha value is -3.02. The second kappa shape index (κ2) is 10.9. The monoisotopic (exact) mass is 471 g/mol. The van der Waals surface area contributed by atoms with Crippen LogP contribution in [0.2, 0.25) is 0 Å². The molecule has 2 saturated carbocycles. The van der Waals surface area contributed by atoms with Crippen molar-refractivity contribution in [3.63, 3.8) is 0 Å². The largest absolute Gasteiger partial charge is 0.477 e. The molecule has 2 amide bonds. The van der Waals surface area contributed by atoms with Gasteiger partial charge in [0.2, 0.25) is 11.9 Å². The molecule has 3 rings (SSSR count). The highest BCUT2D eigenvalue weighted by molar-refractivity contribution is 5.96. The van der Waals surface area contributed by atoms with Gasteiger partial charge in [0, 0.05) is 25.1 Å². The number of alkyl carbamates (subject to hydrolysis) is 1. The molecule has 1 aromatic heterocycles. The molecule has 0 aliphatic heterocycles. The van der Waals surface area contributed by atoms with Gasteiger partial charge in [-0.1, -0.05) is 20.3 Å². The number of aromatic nitrogens is 2. The number of nitrogens with zero attached hydrogens (tertiary/aromatic N) is 3. The quantitative estimate of drug-likeness (QED) is 0.556. The van der Waals surface area contributed by atoms with Gasteiger partial charge >= 0.3 is 6.09 Å². The summed E-state index contributed by atoms with van der Waals surface area (Å²) in [7, 11) is 1.31. The molecule has 0 radical (unpaired) electrons. The summed E-state index contributed by atoms with van der Waals surface area (Å²) in [6.45, 7) is 15.6. The van der Waals surface area contributed by atoms with E-state index in [0.717, 1.165) is 32.1 Å². The number of nitrogens with one attached hydrogen (secondary N) is 2. The van der Waals surface area contributed by atoms with E-state index in [2.05, 4.69) is 25.3 Å².